The Morgan fingerprint density at radius 3 is 3.11 bits per heavy atom. The van der Waals surface area contributed by atoms with Crippen LogP contribution < -0.4 is 4.74 Å². The van der Waals surface area contributed by atoms with Crippen molar-refractivity contribution < 1.29 is 14.9 Å². The minimum absolute atomic E-state index is 0.0227. The van der Waals surface area contributed by atoms with Crippen molar-refractivity contribution in [2.45, 2.75) is 12.5 Å². The summed E-state index contributed by atoms with van der Waals surface area (Å²) in [5, 5.41) is 22.7. The van der Waals surface area contributed by atoms with Crippen LogP contribution in [-0.2, 0) is 6.42 Å². The molecule has 0 amide bonds. The molecule has 0 radical (unpaired) electrons. The largest absolute Gasteiger partial charge is 0.508 e. The highest BCUT2D eigenvalue weighted by atomic mass is 32.1. The minimum Gasteiger partial charge on any atom is -0.508 e. The number of fused-ring (bicyclic) bond motifs is 1. The Bertz CT molecular complexity index is 541. The summed E-state index contributed by atoms with van der Waals surface area (Å²) >= 11 is 1.58. The third-order valence-corrected chi connectivity index (χ3v) is 3.93. The van der Waals surface area contributed by atoms with E-state index in [1.165, 1.54) is 0 Å². The number of phenols is 1. The van der Waals surface area contributed by atoms with Gasteiger partial charge in [0, 0.05) is 29.5 Å². The van der Waals surface area contributed by atoms with Crippen LogP contribution >= 0.6 is 11.3 Å². The lowest BCUT2D eigenvalue weighted by Gasteiger charge is -2.29. The molecule has 1 aliphatic rings. The first-order chi connectivity index (χ1) is 8.74. The summed E-state index contributed by atoms with van der Waals surface area (Å²) in [7, 11) is 0. The van der Waals surface area contributed by atoms with E-state index >= 15 is 0 Å². The molecule has 94 valence electrons. The SMILES string of the molecule is Oc1ccc2c(c1)[C@H](O)[C@H](Cc1nccs1)CO2. The molecule has 0 bridgehead atoms. The van der Waals surface area contributed by atoms with Gasteiger partial charge in [0.15, 0.2) is 0 Å². The van der Waals surface area contributed by atoms with Crippen molar-refractivity contribution in [2.75, 3.05) is 6.61 Å². The summed E-state index contributed by atoms with van der Waals surface area (Å²) in [6, 6.07) is 4.81. The minimum atomic E-state index is -0.621. The summed E-state index contributed by atoms with van der Waals surface area (Å²) in [5.41, 5.74) is 0.655. The lowest BCUT2D eigenvalue weighted by molar-refractivity contribution is 0.0505. The Hall–Kier alpha value is -1.59. The smallest absolute Gasteiger partial charge is 0.125 e. The van der Waals surface area contributed by atoms with Gasteiger partial charge in [0.2, 0.25) is 0 Å². The summed E-state index contributed by atoms with van der Waals surface area (Å²) in [6.45, 7) is 0.471. The standard InChI is InChI=1S/C13H13NO3S/c15-9-1-2-11-10(6-9)13(16)8(7-17-11)5-12-14-3-4-18-12/h1-4,6,8,13,15-16H,5,7H2/t8-,13-/m1/s1. The Balaban J connectivity index is 1.84. The van der Waals surface area contributed by atoms with Crippen molar-refractivity contribution in [2.24, 2.45) is 5.92 Å². The maximum Gasteiger partial charge on any atom is 0.125 e. The lowest BCUT2D eigenvalue weighted by Crippen LogP contribution is -2.27. The fourth-order valence-corrected chi connectivity index (χ4v) is 2.90. The number of aromatic hydroxyl groups is 1. The van der Waals surface area contributed by atoms with E-state index in [2.05, 4.69) is 4.98 Å². The zero-order valence-electron chi connectivity index (χ0n) is 9.61. The van der Waals surface area contributed by atoms with E-state index in [0.29, 0.717) is 24.3 Å². The third kappa shape index (κ3) is 2.07. The van der Waals surface area contributed by atoms with Crippen LogP contribution in [-0.4, -0.2) is 21.8 Å². The first-order valence-electron chi connectivity index (χ1n) is 5.76. The highest BCUT2D eigenvalue weighted by molar-refractivity contribution is 7.09. The Morgan fingerprint density at radius 2 is 2.33 bits per heavy atom. The van der Waals surface area contributed by atoms with Crippen LogP contribution in [0.5, 0.6) is 11.5 Å². The molecule has 0 aliphatic carbocycles. The fraction of sp³-hybridized carbons (Fsp3) is 0.308. The number of hydrogen-bond donors (Lipinski definition) is 2. The highest BCUT2D eigenvalue weighted by Crippen LogP contribution is 2.38. The van der Waals surface area contributed by atoms with Crippen LogP contribution in [0.2, 0.25) is 0 Å². The van der Waals surface area contributed by atoms with Gasteiger partial charge in [-0.3, -0.25) is 0 Å². The number of nitrogens with zero attached hydrogens (tertiary/aromatic N) is 1. The zero-order chi connectivity index (χ0) is 12.5. The van der Waals surface area contributed by atoms with Crippen molar-refractivity contribution in [3.63, 3.8) is 0 Å². The van der Waals surface area contributed by atoms with Gasteiger partial charge in [-0.05, 0) is 18.2 Å². The lowest BCUT2D eigenvalue weighted by atomic mass is 9.91. The highest BCUT2D eigenvalue weighted by Gasteiger charge is 2.30. The molecule has 0 saturated heterocycles. The van der Waals surface area contributed by atoms with E-state index in [0.717, 1.165) is 5.01 Å². The predicted octanol–water partition coefficient (Wildman–Crippen LogP) is 2.13. The molecule has 2 N–H and O–H groups in total. The normalized spacial score (nSPS) is 22.3. The second-order valence-corrected chi connectivity index (χ2v) is 5.35. The molecule has 1 aliphatic heterocycles. The fourth-order valence-electron chi connectivity index (χ4n) is 2.19. The molecule has 1 aromatic heterocycles. The van der Waals surface area contributed by atoms with Gasteiger partial charge in [0.05, 0.1) is 17.7 Å². The molecular weight excluding hydrogens is 250 g/mol. The van der Waals surface area contributed by atoms with Gasteiger partial charge in [0.1, 0.15) is 11.5 Å². The second kappa shape index (κ2) is 4.59. The number of aliphatic hydroxyl groups excluding tert-OH is 1. The quantitative estimate of drug-likeness (QED) is 0.871. The second-order valence-electron chi connectivity index (χ2n) is 4.37. The van der Waals surface area contributed by atoms with E-state index in [1.54, 1.807) is 35.7 Å². The molecule has 0 saturated carbocycles. The van der Waals surface area contributed by atoms with Crippen LogP contribution in [0.15, 0.2) is 29.8 Å². The van der Waals surface area contributed by atoms with Gasteiger partial charge in [-0.1, -0.05) is 0 Å². The average Bonchev–Trinajstić information content (AvgIpc) is 2.86. The van der Waals surface area contributed by atoms with Crippen LogP contribution in [0.25, 0.3) is 0 Å². The maximum atomic E-state index is 10.3. The number of hydrogen-bond acceptors (Lipinski definition) is 5. The van der Waals surface area contributed by atoms with E-state index in [1.807, 2.05) is 5.38 Å². The van der Waals surface area contributed by atoms with Crippen molar-refractivity contribution in [3.8, 4) is 11.5 Å². The molecule has 0 spiro atoms. The zero-order valence-corrected chi connectivity index (χ0v) is 10.4. The molecule has 0 unspecified atom stereocenters. The van der Waals surface area contributed by atoms with Gasteiger partial charge in [-0.2, -0.15) is 0 Å². The first kappa shape index (κ1) is 11.5. The van der Waals surface area contributed by atoms with E-state index in [-0.39, 0.29) is 11.7 Å². The molecule has 1 aromatic carbocycles. The molecule has 2 aromatic rings. The van der Waals surface area contributed by atoms with E-state index in [4.69, 9.17) is 4.74 Å². The van der Waals surface area contributed by atoms with Gasteiger partial charge in [-0.25, -0.2) is 4.98 Å². The third-order valence-electron chi connectivity index (χ3n) is 3.13. The predicted molar refractivity (Wildman–Crippen MR) is 67.9 cm³/mol. The summed E-state index contributed by atoms with van der Waals surface area (Å²) in [5.74, 6) is 0.771. The monoisotopic (exact) mass is 263 g/mol. The van der Waals surface area contributed by atoms with Gasteiger partial charge in [0.25, 0.3) is 0 Å². The number of benzene rings is 1. The molecule has 2 atom stereocenters. The molecule has 4 nitrogen and oxygen atoms in total. The molecule has 18 heavy (non-hydrogen) atoms. The van der Waals surface area contributed by atoms with Crippen LogP contribution in [0.4, 0.5) is 0 Å². The Labute approximate surface area is 109 Å². The van der Waals surface area contributed by atoms with Gasteiger partial charge < -0.3 is 14.9 Å². The molecule has 5 heteroatoms. The number of aromatic nitrogens is 1. The van der Waals surface area contributed by atoms with Crippen molar-refractivity contribution in [1.29, 1.82) is 0 Å². The van der Waals surface area contributed by atoms with Crippen molar-refractivity contribution in [3.05, 3.63) is 40.3 Å². The topological polar surface area (TPSA) is 62.6 Å². The van der Waals surface area contributed by atoms with Gasteiger partial charge in [-0.15, -0.1) is 11.3 Å². The van der Waals surface area contributed by atoms with Crippen molar-refractivity contribution in [1.82, 2.24) is 4.98 Å². The maximum absolute atomic E-state index is 10.3. The Morgan fingerprint density at radius 1 is 1.44 bits per heavy atom. The van der Waals surface area contributed by atoms with Crippen LogP contribution in [0.3, 0.4) is 0 Å². The van der Waals surface area contributed by atoms with E-state index < -0.39 is 6.10 Å². The number of aliphatic hydroxyl groups is 1. The Kier molecular flexibility index (Phi) is 2.93. The van der Waals surface area contributed by atoms with Gasteiger partial charge >= 0.3 is 0 Å². The molecule has 2 heterocycles. The number of phenolic OH excluding ortho intramolecular Hbond substituents is 1. The summed E-state index contributed by atoms with van der Waals surface area (Å²) in [6.07, 6.45) is 1.83. The summed E-state index contributed by atoms with van der Waals surface area (Å²) in [4.78, 5) is 4.22. The van der Waals surface area contributed by atoms with Crippen LogP contribution in [0, 0.1) is 5.92 Å². The average molecular weight is 263 g/mol. The molecule has 3 rings (SSSR count). The van der Waals surface area contributed by atoms with Crippen molar-refractivity contribution >= 4 is 11.3 Å². The van der Waals surface area contributed by atoms with E-state index in [9.17, 15) is 10.2 Å². The summed E-state index contributed by atoms with van der Waals surface area (Å²) < 4.78 is 5.62. The van der Waals surface area contributed by atoms with Crippen LogP contribution in [0.1, 0.15) is 16.7 Å². The number of rotatable bonds is 2. The molecule has 0 fully saturated rings. The number of thiazole rings is 1. The first-order valence-corrected chi connectivity index (χ1v) is 6.64. The molecular formula is C13H13NO3S. The number of ether oxygens (including phenoxy) is 1.